The number of nitrogens with zero attached hydrogens (tertiary/aromatic N) is 1. The smallest absolute Gasteiger partial charge is 0.416 e. The van der Waals surface area contributed by atoms with Crippen molar-refractivity contribution in [2.45, 2.75) is 6.18 Å². The van der Waals surface area contributed by atoms with Crippen molar-refractivity contribution < 1.29 is 22.7 Å². The highest BCUT2D eigenvalue weighted by Crippen LogP contribution is 2.33. The third-order valence-corrected chi connectivity index (χ3v) is 3.63. The number of hydrogen-bond acceptors (Lipinski definition) is 4. The van der Waals surface area contributed by atoms with Gasteiger partial charge in [0, 0.05) is 23.0 Å². The van der Waals surface area contributed by atoms with Gasteiger partial charge in [-0.15, -0.1) is 0 Å². The van der Waals surface area contributed by atoms with Crippen molar-refractivity contribution in [3.05, 3.63) is 65.9 Å². The van der Waals surface area contributed by atoms with Crippen LogP contribution in [0.3, 0.4) is 0 Å². The van der Waals surface area contributed by atoms with Crippen molar-refractivity contribution in [1.29, 1.82) is 0 Å². The molecule has 0 atom stereocenters. The van der Waals surface area contributed by atoms with E-state index in [4.69, 9.17) is 0 Å². The molecule has 128 valence electrons. The Balaban J connectivity index is 2.03. The van der Waals surface area contributed by atoms with E-state index in [1.165, 1.54) is 19.4 Å². The largest absolute Gasteiger partial charge is 0.465 e. The van der Waals surface area contributed by atoms with Crippen LogP contribution in [0.2, 0.25) is 0 Å². The molecule has 0 radical (unpaired) electrons. The van der Waals surface area contributed by atoms with E-state index in [0.717, 1.165) is 12.1 Å². The molecule has 1 N–H and O–H groups in total. The summed E-state index contributed by atoms with van der Waals surface area (Å²) in [6, 6.07) is 11.5. The summed E-state index contributed by atoms with van der Waals surface area (Å²) in [5.74, 6) is -0.498. The SMILES string of the molecule is COC(=O)c1cccc(Nc2ccnc3ccc(C(F)(F)F)cc23)c1. The summed E-state index contributed by atoms with van der Waals surface area (Å²) in [4.78, 5) is 15.7. The molecule has 0 aliphatic rings. The highest BCUT2D eigenvalue weighted by Gasteiger charge is 2.30. The number of hydrogen-bond donors (Lipinski definition) is 1. The number of anilines is 2. The number of rotatable bonds is 3. The van der Waals surface area contributed by atoms with Crippen molar-refractivity contribution >= 4 is 28.2 Å². The maximum atomic E-state index is 13.0. The molecule has 0 bridgehead atoms. The summed E-state index contributed by atoms with van der Waals surface area (Å²) in [7, 11) is 1.28. The van der Waals surface area contributed by atoms with E-state index in [1.807, 2.05) is 0 Å². The van der Waals surface area contributed by atoms with Crippen LogP contribution in [0.1, 0.15) is 15.9 Å². The van der Waals surface area contributed by atoms with Gasteiger partial charge in [-0.3, -0.25) is 4.98 Å². The second kappa shape index (κ2) is 6.43. The van der Waals surface area contributed by atoms with Crippen LogP contribution in [-0.2, 0) is 10.9 Å². The molecular formula is C18H13F3N2O2. The number of alkyl halides is 3. The van der Waals surface area contributed by atoms with Crippen LogP contribution in [0, 0.1) is 0 Å². The molecule has 0 spiro atoms. The fourth-order valence-corrected chi connectivity index (χ4v) is 2.43. The molecule has 2 aromatic carbocycles. The van der Waals surface area contributed by atoms with Crippen LogP contribution >= 0.6 is 0 Å². The Hall–Kier alpha value is -3.09. The molecule has 0 fully saturated rings. The Morgan fingerprint density at radius 2 is 1.92 bits per heavy atom. The summed E-state index contributed by atoms with van der Waals surface area (Å²) in [5.41, 5.74) is 1.02. The van der Waals surface area contributed by atoms with Crippen molar-refractivity contribution in [3.8, 4) is 0 Å². The van der Waals surface area contributed by atoms with Gasteiger partial charge in [0.2, 0.25) is 0 Å². The van der Waals surface area contributed by atoms with Crippen LogP contribution in [0.25, 0.3) is 10.9 Å². The third-order valence-electron chi connectivity index (χ3n) is 3.63. The summed E-state index contributed by atoms with van der Waals surface area (Å²) < 4.78 is 43.6. The average Bonchev–Trinajstić information content (AvgIpc) is 2.60. The number of esters is 1. The number of aromatic nitrogens is 1. The number of carbonyl (C=O) groups excluding carboxylic acids is 1. The van der Waals surface area contributed by atoms with Gasteiger partial charge in [-0.25, -0.2) is 4.79 Å². The summed E-state index contributed by atoms with van der Waals surface area (Å²) >= 11 is 0. The zero-order valence-corrected chi connectivity index (χ0v) is 13.1. The van der Waals surface area contributed by atoms with E-state index in [-0.39, 0.29) is 0 Å². The predicted molar refractivity (Wildman–Crippen MR) is 87.8 cm³/mol. The van der Waals surface area contributed by atoms with E-state index < -0.39 is 17.7 Å². The Kier molecular flexibility index (Phi) is 4.31. The molecule has 3 rings (SSSR count). The lowest BCUT2D eigenvalue weighted by Crippen LogP contribution is -2.05. The van der Waals surface area contributed by atoms with Gasteiger partial charge in [0.15, 0.2) is 0 Å². The molecule has 7 heteroatoms. The van der Waals surface area contributed by atoms with Gasteiger partial charge < -0.3 is 10.1 Å². The quantitative estimate of drug-likeness (QED) is 0.693. The highest BCUT2D eigenvalue weighted by molar-refractivity contribution is 5.94. The minimum absolute atomic E-state index is 0.334. The van der Waals surface area contributed by atoms with Gasteiger partial charge in [0.1, 0.15) is 0 Å². The summed E-state index contributed by atoms with van der Waals surface area (Å²) in [6.45, 7) is 0. The summed E-state index contributed by atoms with van der Waals surface area (Å²) in [5, 5.41) is 3.36. The first kappa shape index (κ1) is 16.8. The lowest BCUT2D eigenvalue weighted by Gasteiger charge is -2.12. The van der Waals surface area contributed by atoms with E-state index in [1.54, 1.807) is 30.3 Å². The lowest BCUT2D eigenvalue weighted by atomic mass is 10.1. The number of benzene rings is 2. The second-order valence-electron chi connectivity index (χ2n) is 5.29. The van der Waals surface area contributed by atoms with Crippen LogP contribution < -0.4 is 5.32 Å². The van der Waals surface area contributed by atoms with Gasteiger partial charge in [0.25, 0.3) is 0 Å². The monoisotopic (exact) mass is 346 g/mol. The summed E-state index contributed by atoms with van der Waals surface area (Å²) in [6.07, 6.45) is -2.94. The zero-order valence-electron chi connectivity index (χ0n) is 13.1. The number of ether oxygens (including phenoxy) is 1. The number of pyridine rings is 1. The molecule has 0 saturated carbocycles. The molecule has 1 heterocycles. The van der Waals surface area contributed by atoms with Gasteiger partial charge in [-0.1, -0.05) is 6.07 Å². The van der Waals surface area contributed by atoms with E-state index in [2.05, 4.69) is 15.0 Å². The Morgan fingerprint density at radius 3 is 2.64 bits per heavy atom. The second-order valence-corrected chi connectivity index (χ2v) is 5.29. The molecule has 1 aromatic heterocycles. The van der Waals surface area contributed by atoms with Crippen LogP contribution in [0.15, 0.2) is 54.7 Å². The molecule has 25 heavy (non-hydrogen) atoms. The molecule has 0 aliphatic carbocycles. The maximum absolute atomic E-state index is 13.0. The van der Waals surface area contributed by atoms with Gasteiger partial charge in [-0.2, -0.15) is 13.2 Å². The van der Waals surface area contributed by atoms with Crippen molar-refractivity contribution in [2.75, 3.05) is 12.4 Å². The van der Waals surface area contributed by atoms with E-state index in [0.29, 0.717) is 27.8 Å². The topological polar surface area (TPSA) is 51.2 Å². The Labute approximate surface area is 141 Å². The number of methoxy groups -OCH3 is 1. The molecular weight excluding hydrogens is 333 g/mol. The first-order valence-corrected chi connectivity index (χ1v) is 7.30. The van der Waals surface area contributed by atoms with Crippen molar-refractivity contribution in [2.24, 2.45) is 0 Å². The van der Waals surface area contributed by atoms with Gasteiger partial charge in [-0.05, 0) is 42.5 Å². The van der Waals surface area contributed by atoms with E-state index in [9.17, 15) is 18.0 Å². The molecule has 0 aliphatic heterocycles. The van der Waals surface area contributed by atoms with E-state index >= 15 is 0 Å². The fraction of sp³-hybridized carbons (Fsp3) is 0.111. The minimum Gasteiger partial charge on any atom is -0.465 e. The lowest BCUT2D eigenvalue weighted by molar-refractivity contribution is -0.137. The van der Waals surface area contributed by atoms with Gasteiger partial charge >= 0.3 is 12.1 Å². The molecule has 0 amide bonds. The third kappa shape index (κ3) is 3.55. The Bertz CT molecular complexity index is 939. The maximum Gasteiger partial charge on any atom is 0.416 e. The molecule has 0 saturated heterocycles. The first-order chi connectivity index (χ1) is 11.9. The zero-order chi connectivity index (χ0) is 18.0. The number of carbonyl (C=O) groups is 1. The standard InChI is InChI=1S/C18H13F3N2O2/c1-25-17(24)11-3-2-4-13(9-11)23-16-7-8-22-15-6-5-12(10-14(15)16)18(19,20)21/h2-10H,1H3,(H,22,23). The molecule has 3 aromatic rings. The number of halogens is 3. The molecule has 4 nitrogen and oxygen atoms in total. The van der Waals surface area contributed by atoms with Crippen LogP contribution in [-0.4, -0.2) is 18.1 Å². The average molecular weight is 346 g/mol. The van der Waals surface area contributed by atoms with Crippen LogP contribution in [0.5, 0.6) is 0 Å². The molecule has 0 unspecified atom stereocenters. The number of fused-ring (bicyclic) bond motifs is 1. The van der Waals surface area contributed by atoms with Gasteiger partial charge in [0.05, 0.1) is 23.8 Å². The van der Waals surface area contributed by atoms with Crippen molar-refractivity contribution in [3.63, 3.8) is 0 Å². The highest BCUT2D eigenvalue weighted by atomic mass is 19.4. The van der Waals surface area contributed by atoms with Crippen molar-refractivity contribution in [1.82, 2.24) is 4.98 Å². The fourth-order valence-electron chi connectivity index (χ4n) is 2.43. The minimum atomic E-state index is -4.44. The Morgan fingerprint density at radius 1 is 1.12 bits per heavy atom. The first-order valence-electron chi connectivity index (χ1n) is 7.30. The number of nitrogens with one attached hydrogen (secondary N) is 1. The normalized spacial score (nSPS) is 11.4. The van der Waals surface area contributed by atoms with Crippen LogP contribution in [0.4, 0.5) is 24.5 Å². The predicted octanol–water partition coefficient (Wildman–Crippen LogP) is 4.78.